The maximum Gasteiger partial charge on any atom is 0.187 e. The summed E-state index contributed by atoms with van der Waals surface area (Å²) in [6, 6.07) is 13.5. The smallest absolute Gasteiger partial charge is 0.187 e. The number of aromatic nitrogens is 3. The lowest BCUT2D eigenvalue weighted by Gasteiger charge is -2.02. The van der Waals surface area contributed by atoms with Crippen molar-refractivity contribution in [1.29, 1.82) is 0 Å². The maximum atomic E-state index is 5.89. The van der Waals surface area contributed by atoms with Gasteiger partial charge >= 0.3 is 0 Å². The summed E-state index contributed by atoms with van der Waals surface area (Å²) in [6.07, 6.45) is 3.83. The first-order chi connectivity index (χ1) is 10.8. The molecule has 1 aromatic carbocycles. The lowest BCUT2D eigenvalue weighted by Crippen LogP contribution is -1.90. The van der Waals surface area contributed by atoms with Crippen molar-refractivity contribution in [2.75, 3.05) is 5.32 Å². The first kappa shape index (κ1) is 13.3. The highest BCUT2D eigenvalue weighted by atomic mass is 35.5. The van der Waals surface area contributed by atoms with Crippen molar-refractivity contribution < 1.29 is 0 Å². The van der Waals surface area contributed by atoms with Gasteiger partial charge in [-0.25, -0.2) is 9.97 Å². The first-order valence-corrected chi connectivity index (χ1v) is 7.96. The van der Waals surface area contributed by atoms with Crippen LogP contribution in [0.15, 0.2) is 60.2 Å². The van der Waals surface area contributed by atoms with Crippen molar-refractivity contribution in [3.05, 3.63) is 65.3 Å². The van der Waals surface area contributed by atoms with Gasteiger partial charge in [0.2, 0.25) is 0 Å². The summed E-state index contributed by atoms with van der Waals surface area (Å²) in [5, 5.41) is 6.86. The average Bonchev–Trinajstić information content (AvgIpc) is 3.16. The number of fused-ring (bicyclic) bond motifs is 1. The standard InChI is InChI=1S/C16H11ClN4S/c17-11-4-6-12(7-5-11)19-16-20-13(10-22-16)14-9-18-15-3-1-2-8-21(14)15/h1-10H,(H,19,20). The van der Waals surface area contributed by atoms with Crippen molar-refractivity contribution >= 4 is 39.4 Å². The van der Waals surface area contributed by atoms with Crippen LogP contribution in [-0.4, -0.2) is 14.4 Å². The Bertz CT molecular complexity index is 927. The van der Waals surface area contributed by atoms with Crippen molar-refractivity contribution in [2.24, 2.45) is 0 Å². The molecule has 0 aliphatic rings. The molecular formula is C16H11ClN4S. The van der Waals surface area contributed by atoms with Gasteiger partial charge in [0.25, 0.3) is 0 Å². The lowest BCUT2D eigenvalue weighted by molar-refractivity contribution is 1.18. The summed E-state index contributed by atoms with van der Waals surface area (Å²) >= 11 is 7.45. The number of hydrogen-bond acceptors (Lipinski definition) is 4. The number of thiazole rings is 1. The maximum absolute atomic E-state index is 5.89. The fourth-order valence-electron chi connectivity index (χ4n) is 2.23. The van der Waals surface area contributed by atoms with Crippen molar-refractivity contribution in [3.8, 4) is 11.4 Å². The van der Waals surface area contributed by atoms with E-state index in [4.69, 9.17) is 11.6 Å². The van der Waals surface area contributed by atoms with Gasteiger partial charge in [0.05, 0.1) is 11.9 Å². The Morgan fingerprint density at radius 3 is 2.82 bits per heavy atom. The number of hydrogen-bond donors (Lipinski definition) is 1. The molecule has 0 saturated heterocycles. The third-order valence-electron chi connectivity index (χ3n) is 3.28. The molecule has 3 aromatic heterocycles. The van der Waals surface area contributed by atoms with E-state index in [2.05, 4.69) is 15.3 Å². The van der Waals surface area contributed by atoms with E-state index in [0.717, 1.165) is 32.9 Å². The quantitative estimate of drug-likeness (QED) is 0.585. The van der Waals surface area contributed by atoms with E-state index in [1.54, 1.807) is 11.3 Å². The van der Waals surface area contributed by atoms with Crippen LogP contribution in [0.2, 0.25) is 5.02 Å². The molecule has 1 N–H and O–H groups in total. The zero-order chi connectivity index (χ0) is 14.9. The molecule has 0 saturated carbocycles. The fourth-order valence-corrected chi connectivity index (χ4v) is 3.08. The van der Waals surface area contributed by atoms with E-state index in [1.807, 2.05) is 64.6 Å². The number of benzene rings is 1. The molecule has 4 aromatic rings. The molecule has 0 aliphatic heterocycles. The highest BCUT2D eigenvalue weighted by molar-refractivity contribution is 7.14. The minimum absolute atomic E-state index is 0.719. The van der Waals surface area contributed by atoms with Crippen molar-refractivity contribution in [3.63, 3.8) is 0 Å². The van der Waals surface area contributed by atoms with Gasteiger partial charge in [-0.15, -0.1) is 11.3 Å². The minimum Gasteiger partial charge on any atom is -0.332 e. The van der Waals surface area contributed by atoms with E-state index in [1.165, 1.54) is 0 Å². The van der Waals surface area contributed by atoms with Crippen LogP contribution in [0, 0.1) is 0 Å². The molecule has 0 unspecified atom stereocenters. The molecule has 4 nitrogen and oxygen atoms in total. The average molecular weight is 327 g/mol. The zero-order valence-corrected chi connectivity index (χ0v) is 13.0. The number of halogens is 1. The van der Waals surface area contributed by atoms with Crippen LogP contribution in [-0.2, 0) is 0 Å². The SMILES string of the molecule is Clc1ccc(Nc2nc(-c3cnc4ccccn34)cs2)cc1. The van der Waals surface area contributed by atoms with Crippen LogP contribution in [0.1, 0.15) is 0 Å². The van der Waals surface area contributed by atoms with E-state index in [-0.39, 0.29) is 0 Å². The highest BCUT2D eigenvalue weighted by Crippen LogP contribution is 2.28. The summed E-state index contributed by atoms with van der Waals surface area (Å²) in [4.78, 5) is 9.02. The Morgan fingerprint density at radius 2 is 1.95 bits per heavy atom. The molecule has 108 valence electrons. The Hall–Kier alpha value is -2.37. The Morgan fingerprint density at radius 1 is 1.09 bits per heavy atom. The monoisotopic (exact) mass is 326 g/mol. The summed E-state index contributed by atoms with van der Waals surface area (Å²) in [6.45, 7) is 0. The van der Waals surface area contributed by atoms with Gasteiger partial charge in [-0.2, -0.15) is 0 Å². The number of nitrogens with one attached hydrogen (secondary N) is 1. The minimum atomic E-state index is 0.719. The van der Waals surface area contributed by atoms with Crippen molar-refractivity contribution in [2.45, 2.75) is 0 Å². The van der Waals surface area contributed by atoms with Gasteiger partial charge in [0.1, 0.15) is 11.3 Å². The first-order valence-electron chi connectivity index (χ1n) is 6.70. The predicted octanol–water partition coefficient (Wildman–Crippen LogP) is 4.85. The highest BCUT2D eigenvalue weighted by Gasteiger charge is 2.09. The van der Waals surface area contributed by atoms with Gasteiger partial charge < -0.3 is 5.32 Å². The summed E-state index contributed by atoms with van der Waals surface area (Å²) in [5.41, 5.74) is 3.76. The zero-order valence-electron chi connectivity index (χ0n) is 11.4. The van der Waals surface area contributed by atoms with Crippen LogP contribution in [0.25, 0.3) is 17.0 Å². The molecule has 4 rings (SSSR count). The van der Waals surface area contributed by atoms with Crippen LogP contribution < -0.4 is 5.32 Å². The largest absolute Gasteiger partial charge is 0.332 e. The fraction of sp³-hybridized carbons (Fsp3) is 0. The molecular weight excluding hydrogens is 316 g/mol. The van der Waals surface area contributed by atoms with Crippen LogP contribution in [0.4, 0.5) is 10.8 Å². The second kappa shape index (κ2) is 5.44. The molecule has 0 aliphatic carbocycles. The Balaban J connectivity index is 1.65. The second-order valence-electron chi connectivity index (χ2n) is 4.74. The molecule has 0 spiro atoms. The normalized spacial score (nSPS) is 11.0. The number of pyridine rings is 1. The van der Waals surface area contributed by atoms with Gasteiger partial charge in [-0.1, -0.05) is 17.7 Å². The number of anilines is 2. The number of imidazole rings is 1. The van der Waals surface area contributed by atoms with E-state index in [9.17, 15) is 0 Å². The Labute approximate surface area is 136 Å². The molecule has 0 bridgehead atoms. The number of nitrogens with zero attached hydrogens (tertiary/aromatic N) is 3. The molecule has 0 atom stereocenters. The molecule has 22 heavy (non-hydrogen) atoms. The predicted molar refractivity (Wildman–Crippen MR) is 91.0 cm³/mol. The Kier molecular flexibility index (Phi) is 3.29. The molecule has 0 fully saturated rings. The van der Waals surface area contributed by atoms with Crippen LogP contribution in [0.3, 0.4) is 0 Å². The van der Waals surface area contributed by atoms with Crippen LogP contribution >= 0.6 is 22.9 Å². The van der Waals surface area contributed by atoms with Gasteiger partial charge in [-0.05, 0) is 36.4 Å². The summed E-state index contributed by atoms with van der Waals surface area (Å²) in [5.74, 6) is 0. The van der Waals surface area contributed by atoms with Crippen molar-refractivity contribution in [1.82, 2.24) is 14.4 Å². The van der Waals surface area contributed by atoms with Gasteiger partial charge in [0.15, 0.2) is 5.13 Å². The van der Waals surface area contributed by atoms with E-state index < -0.39 is 0 Å². The van der Waals surface area contributed by atoms with Gasteiger partial charge in [-0.3, -0.25) is 4.40 Å². The lowest BCUT2D eigenvalue weighted by atomic mass is 10.3. The van der Waals surface area contributed by atoms with Gasteiger partial charge in [0, 0.05) is 22.3 Å². The summed E-state index contributed by atoms with van der Waals surface area (Å²) in [7, 11) is 0. The van der Waals surface area contributed by atoms with E-state index in [0.29, 0.717) is 0 Å². The molecule has 6 heteroatoms. The number of rotatable bonds is 3. The third kappa shape index (κ3) is 2.45. The molecule has 0 amide bonds. The van der Waals surface area contributed by atoms with E-state index >= 15 is 0 Å². The topological polar surface area (TPSA) is 42.2 Å². The van der Waals surface area contributed by atoms with Crippen LogP contribution in [0.5, 0.6) is 0 Å². The molecule has 0 radical (unpaired) electrons. The second-order valence-corrected chi connectivity index (χ2v) is 6.04. The third-order valence-corrected chi connectivity index (χ3v) is 4.29. The molecule has 3 heterocycles. The summed E-state index contributed by atoms with van der Waals surface area (Å²) < 4.78 is 2.03.